The molecule has 0 saturated carbocycles. The molecule has 0 atom stereocenters. The monoisotopic (exact) mass is 312 g/mol. The zero-order chi connectivity index (χ0) is 15.4. The number of anilines is 1. The van der Waals surface area contributed by atoms with Crippen molar-refractivity contribution in [3.05, 3.63) is 23.8 Å². The van der Waals surface area contributed by atoms with Gasteiger partial charge in [0.05, 0.1) is 12.3 Å². The zero-order valence-corrected chi connectivity index (χ0v) is 11.5. The van der Waals surface area contributed by atoms with Crippen LogP contribution in [0.1, 0.15) is 5.56 Å². The minimum absolute atomic E-state index is 0.0733. The summed E-state index contributed by atoms with van der Waals surface area (Å²) in [5.41, 5.74) is 6.13. The Morgan fingerprint density at radius 3 is 2.55 bits per heavy atom. The van der Waals surface area contributed by atoms with E-state index >= 15 is 0 Å². The third-order valence-electron chi connectivity index (χ3n) is 2.32. The Kier molecular flexibility index (Phi) is 5.37. The number of rotatable bonds is 6. The van der Waals surface area contributed by atoms with Crippen molar-refractivity contribution in [2.45, 2.75) is 18.0 Å². The molecule has 1 aromatic carbocycles. The number of nitrogens with one attached hydrogen (secondary N) is 1. The fourth-order valence-corrected chi connectivity index (χ4v) is 2.92. The van der Waals surface area contributed by atoms with E-state index in [1.807, 2.05) is 0 Å². The maximum absolute atomic E-state index is 12.0. The molecule has 0 heterocycles. The van der Waals surface area contributed by atoms with Crippen molar-refractivity contribution in [2.75, 3.05) is 25.5 Å². The van der Waals surface area contributed by atoms with Crippen molar-refractivity contribution in [1.82, 2.24) is 4.72 Å². The zero-order valence-electron chi connectivity index (χ0n) is 10.7. The first kappa shape index (κ1) is 16.7. The fraction of sp³-hybridized carbons (Fsp3) is 0.455. The Morgan fingerprint density at radius 2 is 2.00 bits per heavy atom. The average molecular weight is 312 g/mol. The molecule has 0 aliphatic carbocycles. The standard InChI is InChI=1S/C11H15F3N2O3S/c1-8-3-2-4-9(15)10(8)20(17,18)16-5-6-19-7-11(12,13)14/h2-4,16H,5-7,15H2,1H3. The first-order valence-corrected chi connectivity index (χ1v) is 7.11. The Labute approximate surface area is 115 Å². The first-order valence-electron chi connectivity index (χ1n) is 5.63. The molecule has 9 heteroatoms. The first-order chi connectivity index (χ1) is 9.13. The van der Waals surface area contributed by atoms with E-state index in [0.29, 0.717) is 5.56 Å². The van der Waals surface area contributed by atoms with E-state index in [2.05, 4.69) is 9.46 Å². The highest BCUT2D eigenvalue weighted by Gasteiger charge is 2.27. The van der Waals surface area contributed by atoms with Crippen LogP contribution in [0, 0.1) is 6.92 Å². The number of alkyl halides is 3. The van der Waals surface area contributed by atoms with Crippen molar-refractivity contribution in [3.63, 3.8) is 0 Å². The Balaban J connectivity index is 2.59. The third kappa shape index (κ3) is 4.99. The van der Waals surface area contributed by atoms with Crippen molar-refractivity contribution in [2.24, 2.45) is 0 Å². The van der Waals surface area contributed by atoms with Gasteiger partial charge in [0.15, 0.2) is 0 Å². The topological polar surface area (TPSA) is 81.4 Å². The summed E-state index contributed by atoms with van der Waals surface area (Å²) in [4.78, 5) is -0.0733. The number of benzene rings is 1. The summed E-state index contributed by atoms with van der Waals surface area (Å²) >= 11 is 0. The lowest BCUT2D eigenvalue weighted by Crippen LogP contribution is -2.30. The van der Waals surface area contributed by atoms with E-state index in [1.165, 1.54) is 6.07 Å². The number of sulfonamides is 1. The van der Waals surface area contributed by atoms with E-state index < -0.39 is 22.8 Å². The Morgan fingerprint density at radius 1 is 1.35 bits per heavy atom. The van der Waals surface area contributed by atoms with Crippen molar-refractivity contribution < 1.29 is 26.3 Å². The summed E-state index contributed by atoms with van der Waals surface area (Å²) in [5.74, 6) is 0. The van der Waals surface area contributed by atoms with Crippen molar-refractivity contribution >= 4 is 15.7 Å². The minimum Gasteiger partial charge on any atom is -0.398 e. The van der Waals surface area contributed by atoms with Crippen LogP contribution in [0.15, 0.2) is 23.1 Å². The molecule has 3 N–H and O–H groups in total. The molecule has 114 valence electrons. The van der Waals surface area contributed by atoms with Crippen LogP contribution in [0.2, 0.25) is 0 Å². The molecule has 1 rings (SSSR count). The second-order valence-electron chi connectivity index (χ2n) is 4.06. The quantitative estimate of drug-likeness (QED) is 0.615. The molecule has 0 saturated heterocycles. The van der Waals surface area contributed by atoms with Crippen molar-refractivity contribution in [3.8, 4) is 0 Å². The van der Waals surface area contributed by atoms with E-state index in [0.717, 1.165) is 0 Å². The number of hydrogen-bond donors (Lipinski definition) is 2. The smallest absolute Gasteiger partial charge is 0.398 e. The predicted octanol–water partition coefficient (Wildman–Crippen LogP) is 1.43. The normalized spacial score (nSPS) is 12.6. The van der Waals surface area contributed by atoms with Gasteiger partial charge in [-0.2, -0.15) is 13.2 Å². The van der Waals surface area contributed by atoms with E-state index in [-0.39, 0.29) is 23.7 Å². The number of ether oxygens (including phenoxy) is 1. The van der Waals surface area contributed by atoms with Crippen LogP contribution in [-0.4, -0.2) is 34.4 Å². The Hall–Kier alpha value is -1.32. The van der Waals surface area contributed by atoms with Gasteiger partial charge in [0, 0.05) is 6.54 Å². The molecule has 0 radical (unpaired) electrons. The van der Waals surface area contributed by atoms with Gasteiger partial charge in [0.2, 0.25) is 10.0 Å². The van der Waals surface area contributed by atoms with Gasteiger partial charge in [0.1, 0.15) is 11.5 Å². The molecule has 0 fully saturated rings. The minimum atomic E-state index is -4.43. The van der Waals surface area contributed by atoms with E-state index in [4.69, 9.17) is 5.73 Å². The molecule has 0 aliphatic rings. The van der Waals surface area contributed by atoms with Gasteiger partial charge >= 0.3 is 6.18 Å². The highest BCUT2D eigenvalue weighted by Crippen LogP contribution is 2.21. The molecular weight excluding hydrogens is 297 g/mol. The summed E-state index contributed by atoms with van der Waals surface area (Å²) in [6, 6.07) is 4.61. The Bertz CT molecular complexity index is 538. The number of nitrogen functional groups attached to an aromatic ring is 1. The summed E-state index contributed by atoms with van der Waals surface area (Å²) in [5, 5.41) is 0. The molecule has 0 aliphatic heterocycles. The number of nitrogens with two attached hydrogens (primary N) is 1. The molecule has 0 bridgehead atoms. The van der Waals surface area contributed by atoms with E-state index in [1.54, 1.807) is 19.1 Å². The lowest BCUT2D eigenvalue weighted by molar-refractivity contribution is -0.173. The lowest BCUT2D eigenvalue weighted by Gasteiger charge is -2.12. The fourth-order valence-electron chi connectivity index (χ4n) is 1.55. The maximum Gasteiger partial charge on any atom is 0.411 e. The van der Waals surface area contributed by atoms with Gasteiger partial charge in [-0.1, -0.05) is 12.1 Å². The number of halogens is 3. The molecule has 0 aromatic heterocycles. The van der Waals surface area contributed by atoms with E-state index in [9.17, 15) is 21.6 Å². The summed E-state index contributed by atoms with van der Waals surface area (Å²) in [6.45, 7) is -0.497. The molecule has 0 unspecified atom stereocenters. The van der Waals surface area contributed by atoms with Gasteiger partial charge in [0.25, 0.3) is 0 Å². The number of aryl methyl sites for hydroxylation is 1. The van der Waals surface area contributed by atoms with Crippen LogP contribution in [0.25, 0.3) is 0 Å². The predicted molar refractivity (Wildman–Crippen MR) is 67.7 cm³/mol. The second-order valence-corrected chi connectivity index (χ2v) is 5.76. The molecule has 0 amide bonds. The van der Waals surface area contributed by atoms with Crippen LogP contribution in [-0.2, 0) is 14.8 Å². The van der Waals surface area contributed by atoms with Crippen LogP contribution in [0.3, 0.4) is 0 Å². The van der Waals surface area contributed by atoms with Crippen molar-refractivity contribution in [1.29, 1.82) is 0 Å². The SMILES string of the molecule is Cc1cccc(N)c1S(=O)(=O)NCCOCC(F)(F)F. The molecule has 0 spiro atoms. The molecule has 1 aromatic rings. The molecular formula is C11H15F3N2O3S. The lowest BCUT2D eigenvalue weighted by atomic mass is 10.2. The van der Waals surface area contributed by atoms with Crippen LogP contribution < -0.4 is 10.5 Å². The highest BCUT2D eigenvalue weighted by atomic mass is 32.2. The van der Waals surface area contributed by atoms with Crippen LogP contribution in [0.4, 0.5) is 18.9 Å². The molecule has 5 nitrogen and oxygen atoms in total. The van der Waals surface area contributed by atoms with Gasteiger partial charge < -0.3 is 10.5 Å². The largest absolute Gasteiger partial charge is 0.411 e. The summed E-state index contributed by atoms with van der Waals surface area (Å²) in [7, 11) is -3.87. The third-order valence-corrected chi connectivity index (χ3v) is 3.99. The van der Waals surface area contributed by atoms with Crippen LogP contribution in [0.5, 0.6) is 0 Å². The average Bonchev–Trinajstić information content (AvgIpc) is 2.26. The van der Waals surface area contributed by atoms with Gasteiger partial charge in [-0.15, -0.1) is 0 Å². The summed E-state index contributed by atoms with van der Waals surface area (Å²) < 4.78 is 65.8. The second kappa shape index (κ2) is 6.42. The van der Waals surface area contributed by atoms with Gasteiger partial charge in [-0.25, -0.2) is 13.1 Å². The highest BCUT2D eigenvalue weighted by molar-refractivity contribution is 7.89. The molecule has 20 heavy (non-hydrogen) atoms. The van der Waals surface area contributed by atoms with Gasteiger partial charge in [-0.3, -0.25) is 0 Å². The van der Waals surface area contributed by atoms with Crippen LogP contribution >= 0.6 is 0 Å². The maximum atomic E-state index is 12.0. The number of hydrogen-bond acceptors (Lipinski definition) is 4. The van der Waals surface area contributed by atoms with Gasteiger partial charge in [-0.05, 0) is 18.6 Å². The summed E-state index contributed by atoms with van der Waals surface area (Å²) in [6.07, 6.45) is -4.43.